The average molecular weight is 205 g/mol. The maximum Gasteiger partial charge on any atom is 0.115 e. The van der Waals surface area contributed by atoms with E-state index in [9.17, 15) is 10.2 Å². The van der Waals surface area contributed by atoms with Gasteiger partial charge < -0.3 is 24.8 Å². The molecule has 1 heterocycles. The van der Waals surface area contributed by atoms with E-state index in [0.29, 0.717) is 0 Å². The standard InChI is InChI=1S/C9H17O5/c1-9(2,13-3)8-7(12)6(11)5(4-10)14-8/h5-8,10-12H,1,4H2,2-3H3/t5-,6-,7-,8?,9?/m1/s1. The van der Waals surface area contributed by atoms with Gasteiger partial charge in [-0.2, -0.15) is 0 Å². The number of aliphatic hydroxyl groups excluding tert-OH is 3. The molecule has 0 bridgehead atoms. The Morgan fingerprint density at radius 3 is 2.36 bits per heavy atom. The van der Waals surface area contributed by atoms with Crippen LogP contribution in [0.1, 0.15) is 6.92 Å². The van der Waals surface area contributed by atoms with Gasteiger partial charge in [0.2, 0.25) is 0 Å². The van der Waals surface area contributed by atoms with Gasteiger partial charge in [-0.1, -0.05) is 0 Å². The van der Waals surface area contributed by atoms with Crippen molar-refractivity contribution in [1.82, 2.24) is 0 Å². The average Bonchev–Trinajstić information content (AvgIpc) is 2.44. The lowest BCUT2D eigenvalue weighted by Gasteiger charge is -2.31. The van der Waals surface area contributed by atoms with Crippen LogP contribution in [0.2, 0.25) is 0 Å². The SMILES string of the molecule is [CH2]C(C)(OC)C1O[C@H](CO)[C@@H](O)[C@H]1O. The van der Waals surface area contributed by atoms with Crippen molar-refractivity contribution >= 4 is 0 Å². The number of ether oxygens (including phenoxy) is 2. The maximum absolute atomic E-state index is 9.62. The lowest BCUT2D eigenvalue weighted by Crippen LogP contribution is -2.46. The van der Waals surface area contributed by atoms with E-state index >= 15 is 0 Å². The second kappa shape index (κ2) is 4.12. The van der Waals surface area contributed by atoms with E-state index in [1.165, 1.54) is 7.11 Å². The van der Waals surface area contributed by atoms with E-state index in [1.54, 1.807) is 6.92 Å². The fraction of sp³-hybridized carbons (Fsp3) is 0.889. The molecule has 1 rings (SSSR count). The molecule has 2 unspecified atom stereocenters. The van der Waals surface area contributed by atoms with E-state index in [0.717, 1.165) is 0 Å². The van der Waals surface area contributed by atoms with E-state index in [1.807, 2.05) is 0 Å². The number of rotatable bonds is 3. The first-order chi connectivity index (χ1) is 6.44. The molecule has 0 aromatic heterocycles. The van der Waals surface area contributed by atoms with Crippen LogP contribution in [-0.4, -0.2) is 59.1 Å². The first kappa shape index (κ1) is 11.9. The van der Waals surface area contributed by atoms with Gasteiger partial charge in [0, 0.05) is 7.11 Å². The summed E-state index contributed by atoms with van der Waals surface area (Å²) < 4.78 is 10.3. The normalized spacial score (nSPS) is 39.0. The lowest BCUT2D eigenvalue weighted by molar-refractivity contribution is -0.119. The van der Waals surface area contributed by atoms with Crippen molar-refractivity contribution in [2.24, 2.45) is 0 Å². The summed E-state index contributed by atoms with van der Waals surface area (Å²) in [7, 11) is 1.45. The van der Waals surface area contributed by atoms with Crippen LogP contribution in [-0.2, 0) is 9.47 Å². The zero-order chi connectivity index (χ0) is 10.9. The third kappa shape index (κ3) is 1.92. The molecule has 0 aliphatic carbocycles. The quantitative estimate of drug-likeness (QED) is 0.534. The summed E-state index contributed by atoms with van der Waals surface area (Å²) in [4.78, 5) is 0. The summed E-state index contributed by atoms with van der Waals surface area (Å²) >= 11 is 0. The number of methoxy groups -OCH3 is 1. The first-order valence-electron chi connectivity index (χ1n) is 4.47. The summed E-state index contributed by atoms with van der Waals surface area (Å²) in [6.45, 7) is 5.03. The molecule has 0 aromatic rings. The zero-order valence-corrected chi connectivity index (χ0v) is 8.38. The van der Waals surface area contributed by atoms with Crippen LogP contribution in [0.25, 0.3) is 0 Å². The van der Waals surface area contributed by atoms with E-state index in [2.05, 4.69) is 6.92 Å². The highest BCUT2D eigenvalue weighted by Crippen LogP contribution is 2.30. The zero-order valence-electron chi connectivity index (χ0n) is 8.38. The van der Waals surface area contributed by atoms with Gasteiger partial charge in [-0.15, -0.1) is 0 Å². The Balaban J connectivity index is 2.74. The van der Waals surface area contributed by atoms with Crippen molar-refractivity contribution in [1.29, 1.82) is 0 Å². The minimum atomic E-state index is -1.10. The van der Waals surface area contributed by atoms with Crippen LogP contribution in [0.3, 0.4) is 0 Å². The van der Waals surface area contributed by atoms with Crippen molar-refractivity contribution in [3.05, 3.63) is 6.92 Å². The van der Waals surface area contributed by atoms with Crippen molar-refractivity contribution < 1.29 is 24.8 Å². The predicted molar refractivity (Wildman–Crippen MR) is 48.5 cm³/mol. The third-order valence-electron chi connectivity index (χ3n) is 2.61. The molecule has 1 fully saturated rings. The largest absolute Gasteiger partial charge is 0.394 e. The molecule has 14 heavy (non-hydrogen) atoms. The molecule has 1 aliphatic heterocycles. The Morgan fingerprint density at radius 2 is 2.00 bits per heavy atom. The van der Waals surface area contributed by atoms with Crippen LogP contribution >= 0.6 is 0 Å². The maximum atomic E-state index is 9.62. The molecule has 0 amide bonds. The topological polar surface area (TPSA) is 79.2 Å². The molecule has 1 saturated heterocycles. The number of aliphatic hydroxyl groups is 3. The van der Waals surface area contributed by atoms with E-state index < -0.39 is 30.0 Å². The molecular weight excluding hydrogens is 188 g/mol. The molecule has 5 nitrogen and oxygen atoms in total. The van der Waals surface area contributed by atoms with Crippen molar-refractivity contribution in [2.75, 3.05) is 13.7 Å². The highest BCUT2D eigenvalue weighted by molar-refractivity contribution is 5.01. The number of hydrogen-bond donors (Lipinski definition) is 3. The fourth-order valence-electron chi connectivity index (χ4n) is 1.52. The van der Waals surface area contributed by atoms with Gasteiger partial charge in [0.25, 0.3) is 0 Å². The Morgan fingerprint density at radius 1 is 1.43 bits per heavy atom. The third-order valence-corrected chi connectivity index (χ3v) is 2.61. The molecule has 0 saturated carbocycles. The summed E-state index contributed by atoms with van der Waals surface area (Å²) in [5.41, 5.74) is -0.940. The molecule has 1 radical (unpaired) electrons. The molecular formula is C9H17O5. The molecule has 0 spiro atoms. The molecule has 5 atom stereocenters. The van der Waals surface area contributed by atoms with Crippen LogP contribution < -0.4 is 0 Å². The van der Waals surface area contributed by atoms with Gasteiger partial charge in [0.1, 0.15) is 24.4 Å². The van der Waals surface area contributed by atoms with E-state index in [4.69, 9.17) is 14.6 Å². The minimum absolute atomic E-state index is 0.339. The minimum Gasteiger partial charge on any atom is -0.394 e. The summed E-state index contributed by atoms with van der Waals surface area (Å²) in [6.07, 6.45) is -3.69. The van der Waals surface area contributed by atoms with Crippen LogP contribution in [0, 0.1) is 6.92 Å². The van der Waals surface area contributed by atoms with E-state index in [-0.39, 0.29) is 6.61 Å². The summed E-state index contributed by atoms with van der Waals surface area (Å²) in [5, 5.41) is 27.9. The van der Waals surface area contributed by atoms with Gasteiger partial charge >= 0.3 is 0 Å². The van der Waals surface area contributed by atoms with Crippen LogP contribution in [0.5, 0.6) is 0 Å². The second-order valence-electron chi connectivity index (χ2n) is 3.78. The van der Waals surface area contributed by atoms with Crippen LogP contribution in [0.4, 0.5) is 0 Å². The number of hydrogen-bond acceptors (Lipinski definition) is 5. The first-order valence-corrected chi connectivity index (χ1v) is 4.47. The van der Waals surface area contributed by atoms with Crippen molar-refractivity contribution in [3.63, 3.8) is 0 Å². The highest BCUT2D eigenvalue weighted by atomic mass is 16.6. The Kier molecular flexibility index (Phi) is 3.49. The molecule has 5 heteroatoms. The Bertz CT molecular complexity index is 194. The lowest BCUT2D eigenvalue weighted by atomic mass is 9.95. The summed E-state index contributed by atoms with van der Waals surface area (Å²) in [6, 6.07) is 0. The molecule has 0 aromatic carbocycles. The van der Waals surface area contributed by atoms with Crippen molar-refractivity contribution in [3.8, 4) is 0 Å². The Hall–Kier alpha value is -0.200. The fourth-order valence-corrected chi connectivity index (χ4v) is 1.52. The molecule has 83 valence electrons. The summed E-state index contributed by atoms with van der Waals surface area (Å²) in [5.74, 6) is 0. The molecule has 1 aliphatic rings. The van der Waals surface area contributed by atoms with Gasteiger partial charge in [0.15, 0.2) is 0 Å². The van der Waals surface area contributed by atoms with Crippen molar-refractivity contribution in [2.45, 2.75) is 36.9 Å². The predicted octanol–water partition coefficient (Wildman–Crippen LogP) is -1.29. The highest BCUT2D eigenvalue weighted by Gasteiger charge is 2.49. The van der Waals surface area contributed by atoms with Gasteiger partial charge in [-0.25, -0.2) is 0 Å². The van der Waals surface area contributed by atoms with Gasteiger partial charge in [-0.3, -0.25) is 0 Å². The Labute approximate surface area is 83.3 Å². The van der Waals surface area contributed by atoms with Gasteiger partial charge in [-0.05, 0) is 13.8 Å². The second-order valence-corrected chi connectivity index (χ2v) is 3.78. The smallest absolute Gasteiger partial charge is 0.115 e. The monoisotopic (exact) mass is 205 g/mol. The molecule has 3 N–H and O–H groups in total. The van der Waals surface area contributed by atoms with Gasteiger partial charge in [0.05, 0.1) is 12.2 Å². The van der Waals surface area contributed by atoms with Crippen LogP contribution in [0.15, 0.2) is 0 Å².